The van der Waals surface area contributed by atoms with E-state index < -0.39 is 23.6 Å². The first-order valence-corrected chi connectivity index (χ1v) is 6.36. The molecule has 0 spiro atoms. The zero-order valence-corrected chi connectivity index (χ0v) is 10.8. The maximum atomic E-state index is 12.8. The number of ketones is 1. The van der Waals surface area contributed by atoms with Gasteiger partial charge in [0.05, 0.1) is 6.04 Å². The van der Waals surface area contributed by atoms with Crippen molar-refractivity contribution in [2.75, 3.05) is 6.54 Å². The van der Waals surface area contributed by atoms with E-state index in [9.17, 15) is 22.8 Å². The number of hydrazine groups is 1. The Labute approximate surface area is 118 Å². The van der Waals surface area contributed by atoms with Crippen molar-refractivity contribution in [1.82, 2.24) is 10.0 Å². The minimum Gasteiger partial charge on any atom is -0.284 e. The van der Waals surface area contributed by atoms with Gasteiger partial charge in [-0.25, -0.2) is 10.0 Å². The van der Waals surface area contributed by atoms with Crippen LogP contribution in [-0.2, 0) is 9.59 Å². The lowest BCUT2D eigenvalue weighted by molar-refractivity contribution is -0.167. The molecule has 0 saturated carbocycles. The number of hydrogen-bond acceptors (Lipinski definition) is 3. The number of benzene rings is 1. The number of nitrogens with zero attached hydrogens (tertiary/aromatic N) is 2. The Hall–Kier alpha value is -2.15. The van der Waals surface area contributed by atoms with Gasteiger partial charge >= 0.3 is 6.18 Å². The Morgan fingerprint density at radius 2 is 1.86 bits per heavy atom. The van der Waals surface area contributed by atoms with E-state index in [4.69, 9.17) is 0 Å². The highest BCUT2D eigenvalue weighted by atomic mass is 19.4. The molecule has 1 unspecified atom stereocenters. The van der Waals surface area contributed by atoms with E-state index in [1.807, 2.05) is 0 Å². The van der Waals surface area contributed by atoms with E-state index in [1.54, 1.807) is 30.3 Å². The van der Waals surface area contributed by atoms with Gasteiger partial charge in [-0.15, -0.1) is 0 Å². The van der Waals surface area contributed by atoms with Crippen molar-refractivity contribution in [2.24, 2.45) is 0 Å². The van der Waals surface area contributed by atoms with Crippen LogP contribution in [0.25, 0.3) is 0 Å². The first-order chi connectivity index (χ1) is 9.89. The lowest BCUT2D eigenvalue weighted by Gasteiger charge is -2.26. The fourth-order valence-corrected chi connectivity index (χ4v) is 2.67. The molecule has 4 nitrogen and oxygen atoms in total. The quantitative estimate of drug-likeness (QED) is 0.840. The highest BCUT2D eigenvalue weighted by Crippen LogP contribution is 2.41. The smallest absolute Gasteiger partial charge is 0.284 e. The summed E-state index contributed by atoms with van der Waals surface area (Å²) in [6.07, 6.45) is -3.71. The van der Waals surface area contributed by atoms with Gasteiger partial charge in [0, 0.05) is 24.7 Å². The number of carbonyl (C=O) groups excluding carboxylic acids is 2. The highest BCUT2D eigenvalue weighted by Gasteiger charge is 2.50. The van der Waals surface area contributed by atoms with Crippen LogP contribution in [0.3, 0.4) is 0 Å². The van der Waals surface area contributed by atoms with E-state index in [1.165, 1.54) is 5.01 Å². The fraction of sp³-hybridized carbons (Fsp3) is 0.286. The normalized spacial score (nSPS) is 22.4. The molecule has 3 rings (SSSR count). The molecule has 0 radical (unpaired) electrons. The van der Waals surface area contributed by atoms with Crippen molar-refractivity contribution in [3.05, 3.63) is 47.7 Å². The summed E-state index contributed by atoms with van der Waals surface area (Å²) < 4.78 is 38.3. The van der Waals surface area contributed by atoms with Gasteiger partial charge in [0.15, 0.2) is 0 Å². The van der Waals surface area contributed by atoms with E-state index in [0.29, 0.717) is 12.1 Å². The Balaban J connectivity index is 2.05. The van der Waals surface area contributed by atoms with Crippen molar-refractivity contribution in [2.45, 2.75) is 18.6 Å². The first kappa shape index (κ1) is 13.8. The molecule has 0 N–H and O–H groups in total. The van der Waals surface area contributed by atoms with Crippen molar-refractivity contribution >= 4 is 11.7 Å². The molecule has 1 saturated heterocycles. The third kappa shape index (κ3) is 2.23. The predicted octanol–water partition coefficient (Wildman–Crippen LogP) is 2.21. The summed E-state index contributed by atoms with van der Waals surface area (Å²) in [7, 11) is 0. The second-order valence-corrected chi connectivity index (χ2v) is 4.88. The lowest BCUT2D eigenvalue weighted by atomic mass is 9.96. The number of fused-ring (bicyclic) bond motifs is 1. The molecule has 0 aromatic heterocycles. The van der Waals surface area contributed by atoms with Crippen molar-refractivity contribution in [1.29, 1.82) is 0 Å². The van der Waals surface area contributed by atoms with Gasteiger partial charge in [-0.1, -0.05) is 30.3 Å². The zero-order chi connectivity index (χ0) is 15.2. The van der Waals surface area contributed by atoms with Crippen LogP contribution in [0.15, 0.2) is 42.1 Å². The second kappa shape index (κ2) is 4.70. The largest absolute Gasteiger partial charge is 0.454 e. The molecule has 110 valence electrons. The van der Waals surface area contributed by atoms with E-state index in [0.717, 1.165) is 11.2 Å². The fourth-order valence-electron chi connectivity index (χ4n) is 2.67. The van der Waals surface area contributed by atoms with Crippen LogP contribution in [0.1, 0.15) is 18.0 Å². The Morgan fingerprint density at radius 1 is 1.19 bits per heavy atom. The number of rotatable bonds is 2. The Morgan fingerprint density at radius 3 is 2.48 bits per heavy atom. The van der Waals surface area contributed by atoms with Crippen LogP contribution in [0.2, 0.25) is 0 Å². The molecule has 21 heavy (non-hydrogen) atoms. The SMILES string of the molecule is O=C1CCN2C(c3ccccc3)C(C(=O)C(F)(F)F)=CN12. The molecule has 7 heteroatoms. The summed E-state index contributed by atoms with van der Waals surface area (Å²) in [4.78, 5) is 23.3. The molecule has 2 aliphatic heterocycles. The molecule has 1 amide bonds. The van der Waals surface area contributed by atoms with Crippen molar-refractivity contribution in [3.63, 3.8) is 0 Å². The number of amides is 1. The van der Waals surface area contributed by atoms with E-state index >= 15 is 0 Å². The monoisotopic (exact) mass is 296 g/mol. The zero-order valence-electron chi connectivity index (χ0n) is 10.8. The molecule has 1 aromatic rings. The van der Waals surface area contributed by atoms with E-state index in [2.05, 4.69) is 0 Å². The molecule has 2 heterocycles. The molecule has 2 aliphatic rings. The second-order valence-electron chi connectivity index (χ2n) is 4.88. The summed E-state index contributed by atoms with van der Waals surface area (Å²) in [6.45, 7) is 0.295. The van der Waals surface area contributed by atoms with Crippen LogP contribution in [0, 0.1) is 0 Å². The summed E-state index contributed by atoms with van der Waals surface area (Å²) in [5.74, 6) is -2.21. The number of carbonyl (C=O) groups is 2. The van der Waals surface area contributed by atoms with E-state index in [-0.39, 0.29) is 12.3 Å². The minimum absolute atomic E-state index is 0.229. The lowest BCUT2D eigenvalue weighted by Crippen LogP contribution is -2.34. The van der Waals surface area contributed by atoms with Crippen LogP contribution < -0.4 is 0 Å². The molecular formula is C14H11F3N2O2. The van der Waals surface area contributed by atoms with Gasteiger partial charge in [0.2, 0.25) is 5.91 Å². The van der Waals surface area contributed by atoms with Crippen LogP contribution >= 0.6 is 0 Å². The molecule has 1 fully saturated rings. The van der Waals surface area contributed by atoms with Crippen LogP contribution in [-0.4, -0.2) is 34.4 Å². The summed E-state index contributed by atoms with van der Waals surface area (Å²) >= 11 is 0. The summed E-state index contributed by atoms with van der Waals surface area (Å²) in [5, 5.41) is 2.62. The average Bonchev–Trinajstić information content (AvgIpc) is 2.98. The number of hydrogen-bond donors (Lipinski definition) is 0. The van der Waals surface area contributed by atoms with Crippen LogP contribution in [0.5, 0.6) is 0 Å². The Kier molecular flexibility index (Phi) is 3.09. The van der Waals surface area contributed by atoms with Crippen molar-refractivity contribution < 1.29 is 22.8 Å². The number of halogens is 3. The van der Waals surface area contributed by atoms with Gasteiger partial charge in [-0.3, -0.25) is 9.59 Å². The van der Waals surface area contributed by atoms with Gasteiger partial charge in [0.25, 0.3) is 5.78 Å². The molecule has 0 bridgehead atoms. The highest BCUT2D eigenvalue weighted by molar-refractivity contribution is 6.02. The molecule has 0 aliphatic carbocycles. The molecule has 1 aromatic carbocycles. The van der Waals surface area contributed by atoms with Gasteiger partial charge in [-0.2, -0.15) is 13.2 Å². The summed E-state index contributed by atoms with van der Waals surface area (Å²) in [5.41, 5.74) is 0.139. The van der Waals surface area contributed by atoms with Gasteiger partial charge in [0.1, 0.15) is 0 Å². The van der Waals surface area contributed by atoms with Crippen molar-refractivity contribution in [3.8, 4) is 0 Å². The van der Waals surface area contributed by atoms with Gasteiger partial charge in [-0.05, 0) is 5.56 Å². The molecule has 1 atom stereocenters. The average molecular weight is 296 g/mol. The standard InChI is InChI=1S/C14H11F3N2O2/c15-14(16,17)13(21)10-8-19-11(20)6-7-18(19)12(10)9-4-2-1-3-5-9/h1-5,8,12H,6-7H2. The van der Waals surface area contributed by atoms with Crippen LogP contribution in [0.4, 0.5) is 13.2 Å². The maximum Gasteiger partial charge on any atom is 0.454 e. The third-order valence-corrected chi connectivity index (χ3v) is 3.58. The maximum absolute atomic E-state index is 12.8. The summed E-state index contributed by atoms with van der Waals surface area (Å²) in [6, 6.07) is 7.53. The number of alkyl halides is 3. The van der Waals surface area contributed by atoms with Gasteiger partial charge < -0.3 is 0 Å². The number of Topliss-reactive ketones (excluding diaryl/α,β-unsaturated/α-hetero) is 1. The first-order valence-electron chi connectivity index (χ1n) is 6.36. The molecular weight excluding hydrogens is 285 g/mol. The third-order valence-electron chi connectivity index (χ3n) is 3.58. The minimum atomic E-state index is -4.96. The predicted molar refractivity (Wildman–Crippen MR) is 66.5 cm³/mol. The topological polar surface area (TPSA) is 40.6 Å². The Bertz CT molecular complexity index is 625.